The predicted molar refractivity (Wildman–Crippen MR) is 132 cm³/mol. The molecule has 16 heteroatoms. The van der Waals surface area contributed by atoms with Crippen molar-refractivity contribution in [2.45, 2.75) is 65.6 Å². The molecular formula is C23H33N2O13P. The molecule has 0 radical (unpaired) electrons. The molecule has 15 nitrogen and oxygen atoms in total. The molecule has 2 unspecified atom stereocenters. The van der Waals surface area contributed by atoms with Crippen molar-refractivity contribution >= 4 is 19.8 Å². The number of aliphatic hydroxyl groups excluding tert-OH is 1. The van der Waals surface area contributed by atoms with Crippen molar-refractivity contribution in [1.82, 2.24) is 9.55 Å². The van der Waals surface area contributed by atoms with Crippen LogP contribution in [0.4, 0.5) is 0 Å². The van der Waals surface area contributed by atoms with Crippen LogP contribution in [0.25, 0.3) is 0 Å². The smallest absolute Gasteiger partial charge is 0.437 e. The lowest BCUT2D eigenvalue weighted by atomic mass is 9.95. The van der Waals surface area contributed by atoms with Crippen molar-refractivity contribution in [3.8, 4) is 12.3 Å². The number of aromatic nitrogens is 2. The molecule has 1 aromatic rings. The number of carbonyl (C=O) groups excluding carboxylic acids is 2. The van der Waals surface area contributed by atoms with Gasteiger partial charge in [0.05, 0.1) is 17.4 Å². The number of aliphatic hydroxyl groups is 2. The maximum Gasteiger partial charge on any atom is 0.480 e. The number of nitrogens with one attached hydrogen (secondary N) is 1. The van der Waals surface area contributed by atoms with Crippen LogP contribution in [0.1, 0.15) is 47.8 Å². The Morgan fingerprint density at radius 2 is 1.62 bits per heavy atom. The van der Waals surface area contributed by atoms with Crippen LogP contribution in [0.5, 0.6) is 0 Å². The number of aromatic amines is 1. The van der Waals surface area contributed by atoms with Crippen LogP contribution in [0, 0.1) is 23.2 Å². The zero-order valence-electron chi connectivity index (χ0n) is 22.4. The van der Waals surface area contributed by atoms with E-state index in [-0.39, 0.29) is 0 Å². The Balaban J connectivity index is 2.19. The first kappa shape index (κ1) is 32.4. The van der Waals surface area contributed by atoms with E-state index in [2.05, 4.69) is 0 Å². The van der Waals surface area contributed by atoms with Gasteiger partial charge in [-0.3, -0.25) is 28.5 Å². The monoisotopic (exact) mass is 576 g/mol. The molecule has 0 bridgehead atoms. The number of hydrogen-bond acceptors (Lipinski definition) is 13. The zero-order valence-corrected chi connectivity index (χ0v) is 23.3. The van der Waals surface area contributed by atoms with E-state index in [1.807, 2.05) is 10.9 Å². The van der Waals surface area contributed by atoms with Gasteiger partial charge in [-0.1, -0.05) is 5.92 Å². The minimum absolute atomic E-state index is 0.698. The van der Waals surface area contributed by atoms with Crippen LogP contribution in [0.3, 0.4) is 0 Å². The number of H-pyrrole nitrogens is 1. The summed E-state index contributed by atoms with van der Waals surface area (Å²) in [6.45, 7) is 6.89. The summed E-state index contributed by atoms with van der Waals surface area (Å²) in [5.41, 5.74) is -6.02. The molecule has 0 spiro atoms. The number of rotatable bonds is 10. The number of hydrogen-bond donors (Lipinski definition) is 3. The molecule has 1 fully saturated rings. The van der Waals surface area contributed by atoms with Gasteiger partial charge in [0, 0.05) is 12.3 Å². The Bertz CT molecular complexity index is 1220. The number of esters is 2. The summed E-state index contributed by atoms with van der Waals surface area (Å²) < 4.78 is 44.6. The van der Waals surface area contributed by atoms with E-state index in [4.69, 9.17) is 34.2 Å². The Labute approximate surface area is 223 Å². The normalized spacial score (nSPS) is 23.7. The molecule has 3 N–H and O–H groups in total. The fraction of sp³-hybridized carbons (Fsp3) is 0.652. The average molecular weight is 576 g/mol. The average Bonchev–Trinajstić information content (AvgIpc) is 3.07. The molecule has 4 atom stereocenters. The summed E-state index contributed by atoms with van der Waals surface area (Å²) in [6, 6.07) is 0.964. The molecule has 0 aliphatic carbocycles. The van der Waals surface area contributed by atoms with Crippen molar-refractivity contribution in [2.75, 3.05) is 20.2 Å². The van der Waals surface area contributed by atoms with Gasteiger partial charge in [0.25, 0.3) is 5.56 Å². The molecule has 39 heavy (non-hydrogen) atoms. The van der Waals surface area contributed by atoms with E-state index >= 15 is 0 Å². The van der Waals surface area contributed by atoms with Gasteiger partial charge in [-0.25, -0.2) is 18.4 Å². The van der Waals surface area contributed by atoms with E-state index in [1.54, 1.807) is 41.5 Å². The van der Waals surface area contributed by atoms with Crippen molar-refractivity contribution in [3.05, 3.63) is 33.1 Å². The number of nitrogens with zero attached hydrogens (tertiary/aromatic N) is 1. The van der Waals surface area contributed by atoms with Crippen molar-refractivity contribution in [1.29, 1.82) is 0 Å². The lowest BCUT2D eigenvalue weighted by molar-refractivity contribution is -0.163. The van der Waals surface area contributed by atoms with E-state index in [1.165, 1.54) is 0 Å². The molecule has 0 saturated carbocycles. The van der Waals surface area contributed by atoms with Gasteiger partial charge in [0.1, 0.15) is 12.2 Å². The quantitative estimate of drug-likeness (QED) is 0.150. The van der Waals surface area contributed by atoms with E-state index in [0.717, 1.165) is 16.8 Å². The molecule has 218 valence electrons. The highest BCUT2D eigenvalue weighted by Gasteiger charge is 2.56. The lowest BCUT2D eigenvalue weighted by Gasteiger charge is -2.26. The number of carbonyl (C=O) groups is 2. The molecule has 2 heterocycles. The Morgan fingerprint density at radius 3 is 2.05 bits per heavy atom. The molecule has 1 aromatic heterocycles. The fourth-order valence-corrected chi connectivity index (χ4v) is 3.87. The third-order valence-electron chi connectivity index (χ3n) is 5.24. The second-order valence-corrected chi connectivity index (χ2v) is 12.2. The number of ether oxygens (including phenoxy) is 3. The maximum absolute atomic E-state index is 13.2. The molecule has 1 aliphatic rings. The Morgan fingerprint density at radius 1 is 1.10 bits per heavy atom. The summed E-state index contributed by atoms with van der Waals surface area (Å²) >= 11 is 0. The van der Waals surface area contributed by atoms with Gasteiger partial charge in [0.2, 0.25) is 13.6 Å². The van der Waals surface area contributed by atoms with Gasteiger partial charge in [0.15, 0.2) is 11.8 Å². The van der Waals surface area contributed by atoms with Crippen LogP contribution in [-0.4, -0.2) is 69.7 Å². The van der Waals surface area contributed by atoms with Crippen LogP contribution in [-0.2, 0) is 41.9 Å². The first-order valence-electron chi connectivity index (χ1n) is 11.6. The van der Waals surface area contributed by atoms with Gasteiger partial charge in [-0.2, -0.15) is 0 Å². The Hall–Kier alpha value is -2.83. The summed E-state index contributed by atoms with van der Waals surface area (Å²) in [5.74, 6) is 0.560. The van der Waals surface area contributed by atoms with E-state index < -0.39 is 86.1 Å². The third kappa shape index (κ3) is 8.09. The topological polar surface area (TPSA) is 202 Å². The van der Waals surface area contributed by atoms with Crippen LogP contribution >= 0.6 is 7.82 Å². The predicted octanol–water partition coefficient (Wildman–Crippen LogP) is 0.411. The molecular weight excluding hydrogens is 543 g/mol. The first-order chi connectivity index (χ1) is 17.8. The second-order valence-electron chi connectivity index (χ2n) is 10.6. The van der Waals surface area contributed by atoms with Crippen LogP contribution in [0.2, 0.25) is 0 Å². The standard InChI is InChI=1S/C23H33N2O13P/c1-8-23(31)16(27)14(38-17(23)25-10-9-15(26)24-20(25)30)11-35-39(32,36-12-33-18(28)21(2,3)4)37-13-34-19(29)22(5,6)7/h1,9-10,14,16-17,27,31H,11-13H2,2-7H3,(H,24,26,30)/t14?,16?,17-,23-/m1/s1. The summed E-state index contributed by atoms with van der Waals surface area (Å²) in [6.07, 6.45) is 1.31. The zero-order chi connectivity index (χ0) is 29.8. The lowest BCUT2D eigenvalue weighted by Crippen LogP contribution is -2.48. The van der Waals surface area contributed by atoms with Crippen LogP contribution < -0.4 is 11.2 Å². The van der Waals surface area contributed by atoms with Crippen molar-refractivity contribution in [2.24, 2.45) is 10.8 Å². The number of phosphoric acid groups is 1. The molecule has 2 rings (SSSR count). The number of phosphoric ester groups is 1. The molecule has 1 aliphatic heterocycles. The molecule has 0 aromatic carbocycles. The van der Waals surface area contributed by atoms with Crippen LogP contribution in [0.15, 0.2) is 21.9 Å². The summed E-state index contributed by atoms with van der Waals surface area (Å²) in [5, 5.41) is 21.5. The van der Waals surface area contributed by atoms with Gasteiger partial charge >= 0.3 is 25.5 Å². The highest BCUT2D eigenvalue weighted by Crippen LogP contribution is 2.50. The first-order valence-corrected chi connectivity index (χ1v) is 13.0. The highest BCUT2D eigenvalue weighted by atomic mass is 31.2. The highest BCUT2D eigenvalue weighted by molar-refractivity contribution is 7.48. The van der Waals surface area contributed by atoms with E-state index in [9.17, 15) is 34.0 Å². The maximum atomic E-state index is 13.2. The fourth-order valence-electron chi connectivity index (χ4n) is 2.95. The Kier molecular flexibility index (Phi) is 10.1. The minimum atomic E-state index is -4.67. The minimum Gasteiger partial charge on any atom is -0.437 e. The molecule has 1 saturated heterocycles. The van der Waals surface area contributed by atoms with Gasteiger partial charge in [-0.05, 0) is 41.5 Å². The summed E-state index contributed by atoms with van der Waals surface area (Å²) in [4.78, 5) is 49.6. The second kappa shape index (κ2) is 12.1. The largest absolute Gasteiger partial charge is 0.480 e. The third-order valence-corrected chi connectivity index (χ3v) is 6.55. The SMILES string of the molecule is C#C[C@@]1(O)C(O)C(COP(=O)(OCOC(=O)C(C)(C)C)OCOC(=O)C(C)(C)C)O[C@H]1n1ccc(=O)[nH]c1=O. The number of terminal acetylenes is 1. The van der Waals surface area contributed by atoms with E-state index in [0.29, 0.717) is 0 Å². The summed E-state index contributed by atoms with van der Waals surface area (Å²) in [7, 11) is -4.67. The molecule has 0 amide bonds. The van der Waals surface area contributed by atoms with Gasteiger partial charge in [-0.15, -0.1) is 6.42 Å². The van der Waals surface area contributed by atoms with Gasteiger partial charge < -0.3 is 24.4 Å². The van der Waals surface area contributed by atoms with Crippen molar-refractivity contribution < 1.29 is 52.1 Å². The van der Waals surface area contributed by atoms with Crippen molar-refractivity contribution in [3.63, 3.8) is 0 Å².